The van der Waals surface area contributed by atoms with Crippen LogP contribution in [0.25, 0.3) is 0 Å². The van der Waals surface area contributed by atoms with E-state index in [1.165, 1.54) is 19.1 Å². The Hall–Kier alpha value is -1.47. The summed E-state index contributed by atoms with van der Waals surface area (Å²) >= 11 is 0. The standard InChI is InChI=1S/C10H10F2N2/c1-6-2-3-7(8(14)4-5-13)10(12)9(6)11/h2-3,8H,4,14H2,1H3/t8-/m1/s1. The lowest BCUT2D eigenvalue weighted by molar-refractivity contribution is 0.484. The van der Waals surface area contributed by atoms with Crippen LogP contribution in [0, 0.1) is 29.9 Å². The van der Waals surface area contributed by atoms with Crippen LogP contribution in [0.4, 0.5) is 8.78 Å². The van der Waals surface area contributed by atoms with Crippen LogP contribution < -0.4 is 5.73 Å². The van der Waals surface area contributed by atoms with Crippen LogP contribution in [0.5, 0.6) is 0 Å². The van der Waals surface area contributed by atoms with Crippen molar-refractivity contribution in [2.75, 3.05) is 0 Å². The minimum absolute atomic E-state index is 0.0284. The maximum Gasteiger partial charge on any atom is 0.163 e. The van der Waals surface area contributed by atoms with Crippen molar-refractivity contribution in [1.82, 2.24) is 0 Å². The fourth-order valence-electron chi connectivity index (χ4n) is 1.16. The lowest BCUT2D eigenvalue weighted by Crippen LogP contribution is -2.12. The summed E-state index contributed by atoms with van der Waals surface area (Å²) in [5, 5.41) is 8.37. The molecule has 0 spiro atoms. The largest absolute Gasteiger partial charge is 0.323 e. The first kappa shape index (κ1) is 10.6. The highest BCUT2D eigenvalue weighted by atomic mass is 19.2. The molecule has 0 aliphatic carbocycles. The first-order chi connectivity index (χ1) is 6.57. The Kier molecular flexibility index (Phi) is 3.15. The van der Waals surface area contributed by atoms with E-state index >= 15 is 0 Å². The Balaban J connectivity index is 3.12. The average Bonchev–Trinajstić information content (AvgIpc) is 2.15. The van der Waals surface area contributed by atoms with Gasteiger partial charge in [0, 0.05) is 11.6 Å². The number of nitrogens with zero attached hydrogens (tertiary/aromatic N) is 1. The van der Waals surface area contributed by atoms with Gasteiger partial charge in [-0.3, -0.25) is 0 Å². The molecule has 2 nitrogen and oxygen atoms in total. The SMILES string of the molecule is Cc1ccc([C@H](N)CC#N)c(F)c1F. The number of nitriles is 1. The van der Waals surface area contributed by atoms with E-state index < -0.39 is 17.7 Å². The van der Waals surface area contributed by atoms with Gasteiger partial charge in [-0.2, -0.15) is 5.26 Å². The zero-order valence-electron chi connectivity index (χ0n) is 7.72. The molecule has 0 unspecified atom stereocenters. The van der Waals surface area contributed by atoms with E-state index in [1.54, 1.807) is 0 Å². The smallest absolute Gasteiger partial charge is 0.163 e. The highest BCUT2D eigenvalue weighted by molar-refractivity contribution is 5.28. The summed E-state index contributed by atoms with van der Waals surface area (Å²) in [6, 6.07) is 3.91. The molecule has 1 atom stereocenters. The van der Waals surface area contributed by atoms with Gasteiger partial charge in [0.25, 0.3) is 0 Å². The van der Waals surface area contributed by atoms with Gasteiger partial charge in [-0.1, -0.05) is 12.1 Å². The lowest BCUT2D eigenvalue weighted by atomic mass is 10.0. The van der Waals surface area contributed by atoms with Crippen molar-refractivity contribution < 1.29 is 8.78 Å². The summed E-state index contributed by atoms with van der Waals surface area (Å²) < 4.78 is 26.4. The molecule has 0 saturated heterocycles. The third-order valence-corrected chi connectivity index (χ3v) is 2.02. The summed E-state index contributed by atoms with van der Waals surface area (Å²) in [4.78, 5) is 0. The number of halogens is 2. The van der Waals surface area contributed by atoms with E-state index in [-0.39, 0.29) is 17.5 Å². The molecule has 1 aromatic carbocycles. The minimum atomic E-state index is -0.951. The van der Waals surface area contributed by atoms with E-state index in [0.717, 1.165) is 0 Å². The van der Waals surface area contributed by atoms with Gasteiger partial charge in [0.15, 0.2) is 11.6 Å². The highest BCUT2D eigenvalue weighted by Crippen LogP contribution is 2.21. The van der Waals surface area contributed by atoms with Crippen molar-refractivity contribution in [3.05, 3.63) is 34.9 Å². The number of rotatable bonds is 2. The quantitative estimate of drug-likeness (QED) is 0.788. The average molecular weight is 196 g/mol. The number of aryl methyl sites for hydroxylation is 1. The molecule has 0 bridgehead atoms. The second kappa shape index (κ2) is 4.16. The second-order valence-electron chi connectivity index (χ2n) is 3.07. The minimum Gasteiger partial charge on any atom is -0.323 e. The summed E-state index contributed by atoms with van der Waals surface area (Å²) in [5.74, 6) is -1.84. The van der Waals surface area contributed by atoms with Crippen LogP contribution in [0.15, 0.2) is 12.1 Å². The topological polar surface area (TPSA) is 49.8 Å². The third-order valence-electron chi connectivity index (χ3n) is 2.02. The fraction of sp³-hybridized carbons (Fsp3) is 0.300. The van der Waals surface area contributed by atoms with E-state index in [2.05, 4.69) is 0 Å². The first-order valence-corrected chi connectivity index (χ1v) is 4.15. The third kappa shape index (κ3) is 1.88. The Morgan fingerprint density at radius 3 is 2.64 bits per heavy atom. The van der Waals surface area contributed by atoms with Crippen LogP contribution in [0.2, 0.25) is 0 Å². The molecule has 14 heavy (non-hydrogen) atoms. The van der Waals surface area contributed by atoms with Crippen molar-refractivity contribution in [3.8, 4) is 6.07 Å². The fourth-order valence-corrected chi connectivity index (χ4v) is 1.16. The molecule has 0 heterocycles. The maximum absolute atomic E-state index is 13.3. The van der Waals surface area contributed by atoms with Crippen LogP contribution in [0.3, 0.4) is 0 Å². The lowest BCUT2D eigenvalue weighted by Gasteiger charge is -2.10. The molecule has 0 fully saturated rings. The van der Waals surface area contributed by atoms with Gasteiger partial charge in [0.2, 0.25) is 0 Å². The molecule has 0 radical (unpaired) electrons. The van der Waals surface area contributed by atoms with Gasteiger partial charge in [0.05, 0.1) is 12.5 Å². The molecule has 0 aromatic heterocycles. The zero-order chi connectivity index (χ0) is 10.7. The summed E-state index contributed by atoms with van der Waals surface area (Å²) in [7, 11) is 0. The number of benzene rings is 1. The van der Waals surface area contributed by atoms with Gasteiger partial charge in [-0.15, -0.1) is 0 Å². The maximum atomic E-state index is 13.3. The van der Waals surface area contributed by atoms with Crippen molar-refractivity contribution >= 4 is 0 Å². The van der Waals surface area contributed by atoms with Crippen LogP contribution in [-0.4, -0.2) is 0 Å². The van der Waals surface area contributed by atoms with E-state index in [4.69, 9.17) is 11.0 Å². The van der Waals surface area contributed by atoms with Crippen molar-refractivity contribution in [3.63, 3.8) is 0 Å². The predicted molar refractivity (Wildman–Crippen MR) is 48.3 cm³/mol. The summed E-state index contributed by atoms with van der Waals surface area (Å²) in [6.07, 6.45) is -0.0284. The first-order valence-electron chi connectivity index (χ1n) is 4.15. The van der Waals surface area contributed by atoms with Gasteiger partial charge >= 0.3 is 0 Å². The Morgan fingerprint density at radius 2 is 2.07 bits per heavy atom. The van der Waals surface area contributed by atoms with Gasteiger partial charge in [0.1, 0.15) is 0 Å². The molecule has 2 N–H and O–H groups in total. The molecule has 1 rings (SSSR count). The van der Waals surface area contributed by atoms with E-state index in [1.807, 2.05) is 6.07 Å². The molecule has 4 heteroatoms. The Bertz CT molecular complexity index is 382. The normalized spacial score (nSPS) is 12.2. The Morgan fingerprint density at radius 1 is 1.43 bits per heavy atom. The number of nitrogens with two attached hydrogens (primary N) is 1. The van der Waals surface area contributed by atoms with Crippen molar-refractivity contribution in [1.29, 1.82) is 5.26 Å². The Labute approximate surface area is 81.0 Å². The molecular weight excluding hydrogens is 186 g/mol. The molecular formula is C10H10F2N2. The molecule has 0 aliphatic rings. The van der Waals surface area contributed by atoms with Crippen molar-refractivity contribution in [2.24, 2.45) is 5.73 Å². The van der Waals surface area contributed by atoms with Crippen molar-refractivity contribution in [2.45, 2.75) is 19.4 Å². The molecule has 0 saturated carbocycles. The summed E-state index contributed by atoms with van der Waals surface area (Å²) in [6.45, 7) is 1.47. The monoisotopic (exact) mass is 196 g/mol. The molecule has 74 valence electrons. The summed E-state index contributed by atoms with van der Waals surface area (Å²) in [5.41, 5.74) is 5.78. The van der Waals surface area contributed by atoms with Crippen LogP contribution >= 0.6 is 0 Å². The predicted octanol–water partition coefficient (Wildman–Crippen LogP) is 2.19. The van der Waals surface area contributed by atoms with Crippen LogP contribution in [0.1, 0.15) is 23.6 Å². The zero-order valence-corrected chi connectivity index (χ0v) is 7.72. The van der Waals surface area contributed by atoms with Gasteiger partial charge in [-0.05, 0) is 12.5 Å². The van der Waals surface area contributed by atoms with Crippen LogP contribution in [-0.2, 0) is 0 Å². The van der Waals surface area contributed by atoms with E-state index in [0.29, 0.717) is 0 Å². The van der Waals surface area contributed by atoms with E-state index in [9.17, 15) is 8.78 Å². The van der Waals surface area contributed by atoms with Gasteiger partial charge in [-0.25, -0.2) is 8.78 Å². The molecule has 0 amide bonds. The molecule has 1 aromatic rings. The number of hydrogen-bond acceptors (Lipinski definition) is 2. The molecule has 0 aliphatic heterocycles. The van der Waals surface area contributed by atoms with Gasteiger partial charge < -0.3 is 5.73 Å². The second-order valence-corrected chi connectivity index (χ2v) is 3.07. The highest BCUT2D eigenvalue weighted by Gasteiger charge is 2.15. The number of hydrogen-bond donors (Lipinski definition) is 1.